The van der Waals surface area contributed by atoms with Gasteiger partial charge in [0, 0.05) is 6.04 Å². The van der Waals surface area contributed by atoms with E-state index < -0.39 is 0 Å². The van der Waals surface area contributed by atoms with Gasteiger partial charge >= 0.3 is 0 Å². The predicted octanol–water partition coefficient (Wildman–Crippen LogP) is 3.33. The average molecular weight is 329 g/mol. The molecule has 114 valence electrons. The molecule has 0 saturated carbocycles. The molecule has 7 heteroatoms. The lowest BCUT2D eigenvalue weighted by molar-refractivity contribution is 0.394. The van der Waals surface area contributed by atoms with Crippen LogP contribution in [-0.2, 0) is 0 Å². The molecule has 1 heterocycles. The average Bonchev–Trinajstić information content (AvgIpc) is 2.87. The molecule has 2 rings (SSSR count). The first-order valence-corrected chi connectivity index (χ1v) is 7.27. The highest BCUT2D eigenvalue weighted by Gasteiger charge is 2.24. The van der Waals surface area contributed by atoms with E-state index in [9.17, 15) is 0 Å². The summed E-state index contributed by atoms with van der Waals surface area (Å²) in [5.41, 5.74) is 4.52. The van der Waals surface area contributed by atoms with E-state index in [-0.39, 0.29) is 12.1 Å². The number of hydrogen-bond acceptors (Lipinski definition) is 4. The number of hydrogen-bond donors (Lipinski definition) is 2. The van der Waals surface area contributed by atoms with Crippen molar-refractivity contribution in [1.29, 1.82) is 0 Å². The van der Waals surface area contributed by atoms with Gasteiger partial charge in [-0.1, -0.05) is 29.3 Å². The first-order chi connectivity index (χ1) is 9.99. The molecule has 3 N–H and O–H groups in total. The minimum Gasteiger partial charge on any atom is -0.493 e. The molecular weight excluding hydrogens is 311 g/mol. The largest absolute Gasteiger partial charge is 0.493 e. The summed E-state index contributed by atoms with van der Waals surface area (Å²) in [4.78, 5) is 0. The number of nitrogens with one attached hydrogen (secondary N) is 1. The zero-order chi connectivity index (χ0) is 15.6. The molecule has 1 aromatic carbocycles. The molecule has 0 spiro atoms. The molecule has 0 amide bonds. The summed E-state index contributed by atoms with van der Waals surface area (Å²) in [5, 5.41) is 5.33. The molecule has 1 atom stereocenters. The number of aromatic nitrogens is 2. The summed E-state index contributed by atoms with van der Waals surface area (Å²) < 4.78 is 7.26. The van der Waals surface area contributed by atoms with Crippen LogP contribution in [0.1, 0.15) is 37.2 Å². The molecule has 0 radical (unpaired) electrons. The third-order valence-corrected chi connectivity index (χ3v) is 3.96. The van der Waals surface area contributed by atoms with Gasteiger partial charge in [0.15, 0.2) is 5.75 Å². The second-order valence-electron chi connectivity index (χ2n) is 4.91. The van der Waals surface area contributed by atoms with Crippen LogP contribution in [0.15, 0.2) is 24.4 Å². The Labute approximate surface area is 134 Å². The van der Waals surface area contributed by atoms with Crippen molar-refractivity contribution in [1.82, 2.24) is 15.2 Å². The lowest BCUT2D eigenvalue weighted by Crippen LogP contribution is -2.31. The Bertz CT molecular complexity index is 627. The number of nitrogens with zero attached hydrogens (tertiary/aromatic N) is 2. The lowest BCUT2D eigenvalue weighted by atomic mass is 10.0. The Hall–Kier alpha value is -1.27. The highest BCUT2D eigenvalue weighted by molar-refractivity contribution is 6.42. The summed E-state index contributed by atoms with van der Waals surface area (Å²) in [6.45, 7) is 4.08. The zero-order valence-electron chi connectivity index (χ0n) is 12.1. The van der Waals surface area contributed by atoms with Crippen LogP contribution in [0.3, 0.4) is 0 Å². The molecule has 0 fully saturated rings. The maximum absolute atomic E-state index is 6.10. The summed E-state index contributed by atoms with van der Waals surface area (Å²) in [6, 6.07) is 5.26. The van der Waals surface area contributed by atoms with Crippen molar-refractivity contribution in [2.75, 3.05) is 7.11 Å². The quantitative estimate of drug-likeness (QED) is 0.652. The van der Waals surface area contributed by atoms with E-state index in [1.807, 2.05) is 24.6 Å². The van der Waals surface area contributed by atoms with E-state index in [2.05, 4.69) is 10.5 Å². The molecule has 1 unspecified atom stereocenters. The van der Waals surface area contributed by atoms with Crippen LogP contribution in [0.5, 0.6) is 5.75 Å². The molecule has 0 aliphatic heterocycles. The number of methoxy groups -OCH3 is 1. The molecule has 0 saturated heterocycles. The smallest absolute Gasteiger partial charge is 0.161 e. The van der Waals surface area contributed by atoms with Gasteiger partial charge < -0.3 is 4.74 Å². The van der Waals surface area contributed by atoms with Gasteiger partial charge in [-0.15, -0.1) is 0 Å². The number of ether oxygens (including phenoxy) is 1. The minimum atomic E-state index is -0.306. The maximum atomic E-state index is 6.10. The summed E-state index contributed by atoms with van der Waals surface area (Å²) >= 11 is 12.1. The molecule has 0 aliphatic rings. The van der Waals surface area contributed by atoms with E-state index in [0.29, 0.717) is 15.8 Å². The molecule has 2 aromatic rings. The standard InChI is InChI=1S/C14H18Cl2N4O/c1-8(2)20-14(12(21-3)7-18-20)13(19-17)9-4-5-10(15)11(16)6-9/h4-8,13,19H,17H2,1-3H3. The van der Waals surface area contributed by atoms with Crippen molar-refractivity contribution in [3.63, 3.8) is 0 Å². The zero-order valence-corrected chi connectivity index (χ0v) is 13.6. The van der Waals surface area contributed by atoms with E-state index in [1.54, 1.807) is 25.4 Å². The summed E-state index contributed by atoms with van der Waals surface area (Å²) in [5.74, 6) is 6.42. The van der Waals surface area contributed by atoms with Crippen LogP contribution in [-0.4, -0.2) is 16.9 Å². The van der Waals surface area contributed by atoms with Crippen molar-refractivity contribution in [3.8, 4) is 5.75 Å². The number of hydrazine groups is 1. The van der Waals surface area contributed by atoms with Crippen LogP contribution >= 0.6 is 23.2 Å². The molecule has 21 heavy (non-hydrogen) atoms. The first-order valence-electron chi connectivity index (χ1n) is 6.52. The monoisotopic (exact) mass is 328 g/mol. The Balaban J connectivity index is 2.55. The van der Waals surface area contributed by atoms with Gasteiger partial charge in [0.25, 0.3) is 0 Å². The first kappa shape index (κ1) is 16.1. The van der Waals surface area contributed by atoms with Gasteiger partial charge in [-0.3, -0.25) is 10.5 Å². The topological polar surface area (TPSA) is 65.1 Å². The molecule has 0 aliphatic carbocycles. The Morgan fingerprint density at radius 1 is 1.29 bits per heavy atom. The third kappa shape index (κ3) is 3.16. The van der Waals surface area contributed by atoms with Crippen molar-refractivity contribution in [2.24, 2.45) is 5.84 Å². The predicted molar refractivity (Wildman–Crippen MR) is 84.8 cm³/mol. The summed E-state index contributed by atoms with van der Waals surface area (Å²) in [7, 11) is 1.60. The third-order valence-electron chi connectivity index (χ3n) is 3.22. The van der Waals surface area contributed by atoms with Crippen LogP contribution in [0.4, 0.5) is 0 Å². The van der Waals surface area contributed by atoms with Crippen LogP contribution in [0.2, 0.25) is 10.0 Å². The molecule has 0 bridgehead atoms. The normalized spacial score (nSPS) is 12.7. The van der Waals surface area contributed by atoms with E-state index in [0.717, 1.165) is 11.3 Å². The van der Waals surface area contributed by atoms with Crippen molar-refractivity contribution < 1.29 is 4.74 Å². The van der Waals surface area contributed by atoms with Crippen LogP contribution in [0, 0.1) is 0 Å². The van der Waals surface area contributed by atoms with Gasteiger partial charge in [-0.2, -0.15) is 5.10 Å². The number of nitrogens with two attached hydrogens (primary N) is 1. The van der Waals surface area contributed by atoms with Gasteiger partial charge in [0.1, 0.15) is 5.69 Å². The van der Waals surface area contributed by atoms with Crippen LogP contribution < -0.4 is 16.0 Å². The fourth-order valence-corrected chi connectivity index (χ4v) is 2.53. The van der Waals surface area contributed by atoms with Gasteiger partial charge in [0.2, 0.25) is 0 Å². The maximum Gasteiger partial charge on any atom is 0.161 e. The van der Waals surface area contributed by atoms with E-state index in [4.69, 9.17) is 33.8 Å². The van der Waals surface area contributed by atoms with Crippen molar-refractivity contribution >= 4 is 23.2 Å². The fourth-order valence-electron chi connectivity index (χ4n) is 2.22. The lowest BCUT2D eigenvalue weighted by Gasteiger charge is -2.21. The Kier molecular flexibility index (Phi) is 5.11. The Morgan fingerprint density at radius 3 is 2.52 bits per heavy atom. The fraction of sp³-hybridized carbons (Fsp3) is 0.357. The van der Waals surface area contributed by atoms with E-state index in [1.165, 1.54) is 0 Å². The molecule has 5 nitrogen and oxygen atoms in total. The van der Waals surface area contributed by atoms with Gasteiger partial charge in [-0.05, 0) is 31.5 Å². The SMILES string of the molecule is COc1cnn(C(C)C)c1C(NN)c1ccc(Cl)c(Cl)c1. The highest BCUT2D eigenvalue weighted by atomic mass is 35.5. The van der Waals surface area contributed by atoms with E-state index >= 15 is 0 Å². The second kappa shape index (κ2) is 6.66. The number of rotatable bonds is 5. The minimum absolute atomic E-state index is 0.169. The van der Waals surface area contributed by atoms with Crippen molar-refractivity contribution in [3.05, 3.63) is 45.7 Å². The Morgan fingerprint density at radius 2 is 2.00 bits per heavy atom. The molecular formula is C14H18Cl2N4O. The number of benzene rings is 1. The highest BCUT2D eigenvalue weighted by Crippen LogP contribution is 2.33. The number of halogens is 2. The summed E-state index contributed by atoms with van der Waals surface area (Å²) in [6.07, 6.45) is 1.68. The van der Waals surface area contributed by atoms with Crippen LogP contribution in [0.25, 0.3) is 0 Å². The second-order valence-corrected chi connectivity index (χ2v) is 5.72. The van der Waals surface area contributed by atoms with Gasteiger partial charge in [-0.25, -0.2) is 5.43 Å². The molecule has 1 aromatic heterocycles. The van der Waals surface area contributed by atoms with Gasteiger partial charge in [0.05, 0.1) is 29.4 Å². The van der Waals surface area contributed by atoms with Crippen molar-refractivity contribution in [2.45, 2.75) is 25.9 Å².